The van der Waals surface area contributed by atoms with E-state index >= 15 is 0 Å². The molecule has 0 aliphatic heterocycles. The predicted molar refractivity (Wildman–Crippen MR) is 87.8 cm³/mol. The molecule has 3 rings (SSSR count). The normalized spacial score (nSPS) is 39.0. The maximum Gasteiger partial charge on any atom is -0.0187 e. The van der Waals surface area contributed by atoms with Crippen LogP contribution >= 0.6 is 0 Å². The number of hydrogen-bond acceptors (Lipinski definition) is 0. The van der Waals surface area contributed by atoms with Crippen molar-refractivity contribution in [1.82, 2.24) is 0 Å². The molecule has 0 N–H and O–H groups in total. The molecule has 2 unspecified atom stereocenters. The molecule has 0 saturated heterocycles. The van der Waals surface area contributed by atoms with Crippen molar-refractivity contribution in [3.05, 3.63) is 0 Å². The highest BCUT2D eigenvalue weighted by Gasteiger charge is 2.57. The van der Waals surface area contributed by atoms with E-state index in [4.69, 9.17) is 0 Å². The molecule has 0 aromatic rings. The fourth-order valence-corrected chi connectivity index (χ4v) is 6.91. The zero-order valence-electron chi connectivity index (χ0n) is 14.1. The Morgan fingerprint density at radius 3 is 2.05 bits per heavy atom. The highest BCUT2D eigenvalue weighted by Crippen LogP contribution is 2.66. The first-order valence-electron chi connectivity index (χ1n) is 9.73. The largest absolute Gasteiger partial charge is 0.0651 e. The van der Waals surface area contributed by atoms with Gasteiger partial charge >= 0.3 is 0 Å². The fourth-order valence-electron chi connectivity index (χ4n) is 6.91. The van der Waals surface area contributed by atoms with Gasteiger partial charge < -0.3 is 0 Å². The van der Waals surface area contributed by atoms with E-state index in [0.717, 1.165) is 17.3 Å². The summed E-state index contributed by atoms with van der Waals surface area (Å²) >= 11 is 0. The molecule has 0 aromatic heterocycles. The summed E-state index contributed by atoms with van der Waals surface area (Å²) in [6, 6.07) is 0. The van der Waals surface area contributed by atoms with Crippen LogP contribution in [0.15, 0.2) is 0 Å². The van der Waals surface area contributed by atoms with Crippen molar-refractivity contribution in [2.75, 3.05) is 0 Å². The van der Waals surface area contributed by atoms with Gasteiger partial charge in [-0.05, 0) is 61.2 Å². The molecule has 3 saturated carbocycles. The van der Waals surface area contributed by atoms with Crippen molar-refractivity contribution < 1.29 is 0 Å². The summed E-state index contributed by atoms with van der Waals surface area (Å²) in [5, 5.41) is 0. The number of rotatable bonds is 3. The minimum absolute atomic E-state index is 0.685. The van der Waals surface area contributed by atoms with E-state index in [1.807, 2.05) is 0 Å². The van der Waals surface area contributed by atoms with Gasteiger partial charge in [0.1, 0.15) is 0 Å². The summed E-state index contributed by atoms with van der Waals surface area (Å²) in [7, 11) is 0. The molecule has 0 bridgehead atoms. The van der Waals surface area contributed by atoms with Gasteiger partial charge in [-0.3, -0.25) is 0 Å². The summed E-state index contributed by atoms with van der Waals surface area (Å²) in [5.41, 5.74) is 1.42. The topological polar surface area (TPSA) is 0 Å². The molecular formula is C20H36. The van der Waals surface area contributed by atoms with Gasteiger partial charge in [-0.1, -0.05) is 65.2 Å². The zero-order valence-corrected chi connectivity index (χ0v) is 14.1. The fraction of sp³-hybridized carbons (Fsp3) is 1.00. The zero-order chi connectivity index (χ0) is 14.1. The average molecular weight is 277 g/mol. The van der Waals surface area contributed by atoms with Gasteiger partial charge in [-0.25, -0.2) is 0 Å². The molecule has 0 aromatic carbocycles. The van der Waals surface area contributed by atoms with Crippen LogP contribution in [-0.4, -0.2) is 0 Å². The Hall–Kier alpha value is 0. The van der Waals surface area contributed by atoms with Crippen molar-refractivity contribution >= 4 is 0 Å². The quantitative estimate of drug-likeness (QED) is 0.536. The van der Waals surface area contributed by atoms with Crippen LogP contribution in [0.2, 0.25) is 0 Å². The predicted octanol–water partition coefficient (Wildman–Crippen LogP) is 6.73. The van der Waals surface area contributed by atoms with E-state index in [2.05, 4.69) is 13.8 Å². The highest BCUT2D eigenvalue weighted by molar-refractivity contribution is 5.07. The summed E-state index contributed by atoms with van der Waals surface area (Å²) in [4.78, 5) is 0. The molecule has 0 heterocycles. The second-order valence-electron chi connectivity index (χ2n) is 8.49. The van der Waals surface area contributed by atoms with Crippen LogP contribution in [0.1, 0.15) is 104 Å². The van der Waals surface area contributed by atoms with Gasteiger partial charge in [0.15, 0.2) is 0 Å². The third-order valence-corrected chi connectivity index (χ3v) is 7.78. The molecule has 20 heavy (non-hydrogen) atoms. The van der Waals surface area contributed by atoms with Crippen LogP contribution in [-0.2, 0) is 0 Å². The van der Waals surface area contributed by atoms with E-state index < -0.39 is 0 Å². The van der Waals surface area contributed by atoms with Crippen LogP contribution in [0.25, 0.3) is 0 Å². The lowest BCUT2D eigenvalue weighted by molar-refractivity contribution is -0.0833. The molecule has 2 atom stereocenters. The molecule has 0 radical (unpaired) electrons. The molecule has 0 amide bonds. The lowest BCUT2D eigenvalue weighted by Gasteiger charge is -2.57. The molecule has 0 heteroatoms. The first-order chi connectivity index (χ1) is 9.73. The van der Waals surface area contributed by atoms with E-state index in [1.54, 1.807) is 38.5 Å². The first kappa shape index (κ1) is 14.9. The molecule has 0 nitrogen and oxygen atoms in total. The lowest BCUT2D eigenvalue weighted by atomic mass is 9.47. The second-order valence-corrected chi connectivity index (χ2v) is 8.49. The van der Waals surface area contributed by atoms with Crippen LogP contribution < -0.4 is 0 Å². The van der Waals surface area contributed by atoms with Crippen LogP contribution in [0.4, 0.5) is 0 Å². The maximum absolute atomic E-state index is 2.72. The average Bonchev–Trinajstić information content (AvgIpc) is 2.94. The third kappa shape index (κ3) is 2.26. The van der Waals surface area contributed by atoms with Crippen molar-refractivity contribution in [3.8, 4) is 0 Å². The van der Waals surface area contributed by atoms with E-state index in [-0.39, 0.29) is 0 Å². The second kappa shape index (κ2) is 6.01. The molecular weight excluding hydrogens is 240 g/mol. The van der Waals surface area contributed by atoms with Gasteiger partial charge in [0, 0.05) is 0 Å². The molecule has 0 spiro atoms. The lowest BCUT2D eigenvalue weighted by Crippen LogP contribution is -2.49. The highest BCUT2D eigenvalue weighted by atomic mass is 14.6. The molecule has 3 aliphatic carbocycles. The van der Waals surface area contributed by atoms with Crippen molar-refractivity contribution in [1.29, 1.82) is 0 Å². The van der Waals surface area contributed by atoms with Crippen molar-refractivity contribution in [2.45, 2.75) is 104 Å². The summed E-state index contributed by atoms with van der Waals surface area (Å²) in [6.45, 7) is 5.20. The van der Waals surface area contributed by atoms with Gasteiger partial charge in [0.2, 0.25) is 0 Å². The minimum Gasteiger partial charge on any atom is -0.0651 e. The summed E-state index contributed by atoms with van der Waals surface area (Å²) in [5.74, 6) is 2.13. The minimum atomic E-state index is 0.685. The Morgan fingerprint density at radius 2 is 1.40 bits per heavy atom. The van der Waals surface area contributed by atoms with Gasteiger partial charge in [-0.2, -0.15) is 0 Å². The van der Waals surface area contributed by atoms with Crippen LogP contribution in [0.5, 0.6) is 0 Å². The maximum atomic E-state index is 2.72. The molecule has 3 aliphatic rings. The van der Waals surface area contributed by atoms with Gasteiger partial charge in [0.05, 0.1) is 0 Å². The Labute approximate surface area is 127 Å². The smallest absolute Gasteiger partial charge is 0.0187 e. The first-order valence-corrected chi connectivity index (χ1v) is 9.73. The van der Waals surface area contributed by atoms with E-state index in [0.29, 0.717) is 5.41 Å². The van der Waals surface area contributed by atoms with Crippen molar-refractivity contribution in [2.24, 2.45) is 22.7 Å². The van der Waals surface area contributed by atoms with Crippen LogP contribution in [0, 0.1) is 22.7 Å². The van der Waals surface area contributed by atoms with Crippen LogP contribution in [0.3, 0.4) is 0 Å². The Kier molecular flexibility index (Phi) is 4.48. The van der Waals surface area contributed by atoms with Gasteiger partial charge in [-0.15, -0.1) is 0 Å². The third-order valence-electron chi connectivity index (χ3n) is 7.78. The van der Waals surface area contributed by atoms with E-state index in [9.17, 15) is 0 Å². The molecule has 3 fully saturated rings. The Morgan fingerprint density at radius 1 is 0.750 bits per heavy atom. The monoisotopic (exact) mass is 276 g/mol. The Bertz CT molecular complexity index is 306. The van der Waals surface area contributed by atoms with Gasteiger partial charge in [0.25, 0.3) is 0 Å². The summed E-state index contributed by atoms with van der Waals surface area (Å²) < 4.78 is 0. The number of hydrogen-bond donors (Lipinski definition) is 0. The Balaban J connectivity index is 1.93. The van der Waals surface area contributed by atoms with E-state index in [1.165, 1.54) is 51.4 Å². The molecule has 116 valence electrons. The summed E-state index contributed by atoms with van der Waals surface area (Å²) in [6.07, 6.45) is 21.4. The SMILES string of the molecule is CCC1CCCC1(C1CCCCC1)C1(C)CCCCC1. The van der Waals surface area contributed by atoms with Crippen molar-refractivity contribution in [3.63, 3.8) is 0 Å². The standard InChI is InChI=1S/C20H36/c1-3-17-13-10-16-20(17,18-11-6-4-7-12-18)19(2)14-8-5-9-15-19/h17-18H,3-16H2,1-2H3.